The molecule has 26 heavy (non-hydrogen) atoms. The van der Waals surface area contributed by atoms with Crippen molar-refractivity contribution in [2.75, 3.05) is 5.32 Å². The largest absolute Gasteiger partial charge is 0.507 e. The van der Waals surface area contributed by atoms with E-state index < -0.39 is 29.1 Å². The van der Waals surface area contributed by atoms with Crippen LogP contribution in [0, 0.1) is 5.41 Å². The summed E-state index contributed by atoms with van der Waals surface area (Å²) in [6.45, 7) is 1.56. The zero-order chi connectivity index (χ0) is 19.5. The number of hydrogen-bond acceptors (Lipinski definition) is 4. The summed E-state index contributed by atoms with van der Waals surface area (Å²) >= 11 is 0. The third-order valence-electron chi connectivity index (χ3n) is 3.66. The van der Waals surface area contributed by atoms with Crippen molar-refractivity contribution in [3.05, 3.63) is 47.5 Å². The lowest BCUT2D eigenvalue weighted by Crippen LogP contribution is -2.13. The zero-order valence-electron chi connectivity index (χ0n) is 13.6. The Kier molecular flexibility index (Phi) is 5.44. The van der Waals surface area contributed by atoms with Gasteiger partial charge in [-0.05, 0) is 23.8 Å². The number of nitrogens with one attached hydrogen (secondary N) is 2. The van der Waals surface area contributed by atoms with Crippen LogP contribution in [0.4, 0.5) is 18.9 Å². The molecule has 0 saturated carbocycles. The van der Waals surface area contributed by atoms with E-state index in [1.165, 1.54) is 18.2 Å². The molecule has 0 fully saturated rings. The van der Waals surface area contributed by atoms with Crippen LogP contribution in [0.25, 0.3) is 11.1 Å². The Balaban J connectivity index is 2.76. The van der Waals surface area contributed by atoms with Crippen molar-refractivity contribution in [3.63, 3.8) is 0 Å². The Hall–Kier alpha value is -3.16. The van der Waals surface area contributed by atoms with Gasteiger partial charge in [-0.2, -0.15) is 13.2 Å². The molecule has 0 aromatic heterocycles. The summed E-state index contributed by atoms with van der Waals surface area (Å²) < 4.78 is 40.0. The number of rotatable bonds is 5. The molecular weight excluding hydrogens is 349 g/mol. The molecule has 0 aliphatic rings. The van der Waals surface area contributed by atoms with E-state index in [0.717, 1.165) is 18.2 Å². The second-order valence-electron chi connectivity index (χ2n) is 5.39. The summed E-state index contributed by atoms with van der Waals surface area (Å²) in [5.41, 5.74) is -2.05. The fourth-order valence-electron chi connectivity index (χ4n) is 2.40. The molecule has 0 aliphatic carbocycles. The van der Waals surface area contributed by atoms with Gasteiger partial charge in [-0.25, -0.2) is 0 Å². The van der Waals surface area contributed by atoms with Crippen LogP contribution >= 0.6 is 0 Å². The van der Waals surface area contributed by atoms with Gasteiger partial charge in [0.1, 0.15) is 11.5 Å². The Morgan fingerprint density at radius 2 is 1.88 bits per heavy atom. The molecule has 0 heterocycles. The average Bonchev–Trinajstić information content (AvgIpc) is 2.61. The highest BCUT2D eigenvalue weighted by molar-refractivity contribution is 6.35. The predicted octanol–water partition coefficient (Wildman–Crippen LogP) is 3.99. The number of anilines is 1. The van der Waals surface area contributed by atoms with Gasteiger partial charge in [0.25, 0.3) is 0 Å². The first-order chi connectivity index (χ1) is 12.2. The van der Waals surface area contributed by atoms with E-state index in [9.17, 15) is 27.9 Å². The molecule has 136 valence electrons. The van der Waals surface area contributed by atoms with E-state index in [2.05, 4.69) is 5.32 Å². The highest BCUT2D eigenvalue weighted by atomic mass is 19.4. The maximum Gasteiger partial charge on any atom is 0.417 e. The molecule has 0 radical (unpaired) electrons. The number of benzene rings is 2. The van der Waals surface area contributed by atoms with Gasteiger partial charge in [0, 0.05) is 23.2 Å². The molecular formula is C18H15F3N2O3. The van der Waals surface area contributed by atoms with E-state index in [0.29, 0.717) is 0 Å². The van der Waals surface area contributed by atoms with E-state index in [1.807, 2.05) is 0 Å². The molecule has 2 rings (SSSR count). The number of hydrogen-bond donors (Lipinski definition) is 3. The number of alkyl halides is 3. The molecule has 0 aliphatic heterocycles. The SMILES string of the molecule is CCC(=O)Nc1cc(C(=N)C=O)c(O)cc1-c1ccccc1C(F)(F)F. The molecule has 2 aromatic carbocycles. The Bertz CT molecular complexity index is 876. The Morgan fingerprint density at radius 1 is 1.23 bits per heavy atom. The van der Waals surface area contributed by atoms with Crippen LogP contribution in [0.2, 0.25) is 0 Å². The lowest BCUT2D eigenvalue weighted by Gasteiger charge is -2.18. The molecule has 3 N–H and O–H groups in total. The van der Waals surface area contributed by atoms with Crippen LogP contribution in [-0.2, 0) is 15.8 Å². The summed E-state index contributed by atoms with van der Waals surface area (Å²) in [6, 6.07) is 6.84. The summed E-state index contributed by atoms with van der Waals surface area (Å²) in [4.78, 5) is 22.6. The third-order valence-corrected chi connectivity index (χ3v) is 3.66. The molecule has 5 nitrogen and oxygen atoms in total. The van der Waals surface area contributed by atoms with Crippen molar-refractivity contribution in [1.82, 2.24) is 0 Å². The summed E-state index contributed by atoms with van der Waals surface area (Å²) in [6.07, 6.45) is -4.39. The van der Waals surface area contributed by atoms with Crippen molar-refractivity contribution >= 4 is 23.6 Å². The molecule has 0 saturated heterocycles. The summed E-state index contributed by atoms with van der Waals surface area (Å²) in [5, 5.41) is 20.1. The van der Waals surface area contributed by atoms with Crippen LogP contribution in [0.5, 0.6) is 5.75 Å². The highest BCUT2D eigenvalue weighted by Gasteiger charge is 2.34. The summed E-state index contributed by atoms with van der Waals surface area (Å²) in [5.74, 6) is -1.01. The monoisotopic (exact) mass is 364 g/mol. The Labute approximate surface area is 147 Å². The van der Waals surface area contributed by atoms with Crippen LogP contribution in [-0.4, -0.2) is 23.0 Å². The van der Waals surface area contributed by atoms with Gasteiger partial charge < -0.3 is 10.4 Å². The second-order valence-corrected chi connectivity index (χ2v) is 5.39. The van der Waals surface area contributed by atoms with E-state index in [1.54, 1.807) is 6.92 Å². The van der Waals surface area contributed by atoms with Gasteiger partial charge >= 0.3 is 6.18 Å². The first-order valence-corrected chi connectivity index (χ1v) is 7.56. The third kappa shape index (κ3) is 3.90. The van der Waals surface area contributed by atoms with Gasteiger partial charge in [0.2, 0.25) is 5.91 Å². The quantitative estimate of drug-likeness (QED) is 0.426. The average molecular weight is 364 g/mol. The fraction of sp³-hybridized carbons (Fsp3) is 0.167. The molecule has 1 amide bonds. The minimum atomic E-state index is -4.65. The Morgan fingerprint density at radius 3 is 2.46 bits per heavy atom. The number of aldehydes is 1. The van der Waals surface area contributed by atoms with Crippen LogP contribution in [0.15, 0.2) is 36.4 Å². The number of phenols is 1. The van der Waals surface area contributed by atoms with E-state index in [-0.39, 0.29) is 35.1 Å². The lowest BCUT2D eigenvalue weighted by atomic mass is 9.95. The minimum absolute atomic E-state index is 0.0343. The molecule has 0 unspecified atom stereocenters. The maximum atomic E-state index is 13.3. The number of carbonyl (C=O) groups excluding carboxylic acids is 2. The first-order valence-electron chi connectivity index (χ1n) is 7.56. The first kappa shape index (κ1) is 19.2. The predicted molar refractivity (Wildman–Crippen MR) is 90.4 cm³/mol. The van der Waals surface area contributed by atoms with Crippen molar-refractivity contribution in [3.8, 4) is 16.9 Å². The number of amides is 1. The standard InChI is InChI=1S/C18H15F3N2O3/c1-2-17(26)23-15-7-12(14(22)9-24)16(25)8-11(15)10-5-3-4-6-13(10)18(19,20)21/h3-9,22,25H,2H2,1H3,(H,23,26). The maximum absolute atomic E-state index is 13.3. The van der Waals surface area contributed by atoms with Gasteiger partial charge in [-0.3, -0.25) is 15.0 Å². The number of phenolic OH excluding ortho intramolecular Hbond substituents is 1. The van der Waals surface area contributed by atoms with E-state index in [4.69, 9.17) is 5.41 Å². The summed E-state index contributed by atoms with van der Waals surface area (Å²) in [7, 11) is 0. The van der Waals surface area contributed by atoms with Crippen LogP contribution in [0.3, 0.4) is 0 Å². The molecule has 0 spiro atoms. The molecule has 0 atom stereocenters. The zero-order valence-corrected chi connectivity index (χ0v) is 13.6. The number of carbonyl (C=O) groups is 2. The van der Waals surface area contributed by atoms with Gasteiger partial charge in [0.05, 0.1) is 5.56 Å². The topological polar surface area (TPSA) is 90.3 Å². The molecule has 0 bridgehead atoms. The molecule has 2 aromatic rings. The number of aromatic hydroxyl groups is 1. The smallest absolute Gasteiger partial charge is 0.417 e. The van der Waals surface area contributed by atoms with Crippen LogP contribution < -0.4 is 5.32 Å². The number of halogens is 3. The van der Waals surface area contributed by atoms with Gasteiger partial charge in [0.15, 0.2) is 6.29 Å². The molecule has 8 heteroatoms. The fourth-order valence-corrected chi connectivity index (χ4v) is 2.40. The minimum Gasteiger partial charge on any atom is -0.507 e. The normalized spacial score (nSPS) is 11.1. The van der Waals surface area contributed by atoms with Crippen LogP contribution in [0.1, 0.15) is 24.5 Å². The van der Waals surface area contributed by atoms with Crippen molar-refractivity contribution < 1.29 is 27.9 Å². The second kappa shape index (κ2) is 7.38. The van der Waals surface area contributed by atoms with E-state index >= 15 is 0 Å². The lowest BCUT2D eigenvalue weighted by molar-refractivity contribution is -0.137. The van der Waals surface area contributed by atoms with Gasteiger partial charge in [-0.15, -0.1) is 0 Å². The van der Waals surface area contributed by atoms with Gasteiger partial charge in [-0.1, -0.05) is 25.1 Å². The highest BCUT2D eigenvalue weighted by Crippen LogP contribution is 2.41. The van der Waals surface area contributed by atoms with Crippen molar-refractivity contribution in [2.24, 2.45) is 0 Å². The van der Waals surface area contributed by atoms with Crippen molar-refractivity contribution in [1.29, 1.82) is 5.41 Å². The van der Waals surface area contributed by atoms with Crippen molar-refractivity contribution in [2.45, 2.75) is 19.5 Å².